The first kappa shape index (κ1) is 23.2. The summed E-state index contributed by atoms with van der Waals surface area (Å²) in [5.41, 5.74) is 2.23. The van der Waals surface area contributed by atoms with Gasteiger partial charge in [0.1, 0.15) is 0 Å². The number of methoxy groups -OCH3 is 2. The third-order valence-electron chi connectivity index (χ3n) is 6.32. The van der Waals surface area contributed by atoms with Gasteiger partial charge in [0.05, 0.1) is 32.3 Å². The van der Waals surface area contributed by atoms with Crippen LogP contribution < -0.4 is 14.4 Å². The molecule has 9 nitrogen and oxygen atoms in total. The molecule has 1 saturated heterocycles. The van der Waals surface area contributed by atoms with E-state index in [2.05, 4.69) is 15.1 Å². The maximum atomic E-state index is 12.3. The van der Waals surface area contributed by atoms with Crippen molar-refractivity contribution in [3.8, 4) is 22.9 Å². The average Bonchev–Trinajstić information content (AvgIpc) is 3.33. The average molecular weight is 496 g/mol. The highest BCUT2D eigenvalue weighted by molar-refractivity contribution is 6.31. The number of esters is 1. The topological polar surface area (TPSA) is 91.1 Å². The number of rotatable bonds is 6. The quantitative estimate of drug-likeness (QED) is 0.364. The summed E-state index contributed by atoms with van der Waals surface area (Å²) >= 11 is 6.28. The summed E-state index contributed by atoms with van der Waals surface area (Å²) in [5, 5.41) is 10.5. The van der Waals surface area contributed by atoms with Crippen molar-refractivity contribution in [2.45, 2.75) is 19.8 Å². The zero-order chi connectivity index (χ0) is 24.5. The van der Waals surface area contributed by atoms with Gasteiger partial charge < -0.3 is 19.1 Å². The molecule has 0 radical (unpaired) electrons. The van der Waals surface area contributed by atoms with Gasteiger partial charge in [-0.3, -0.25) is 4.79 Å². The summed E-state index contributed by atoms with van der Waals surface area (Å²) < 4.78 is 18.1. The summed E-state index contributed by atoms with van der Waals surface area (Å²) in [6.07, 6.45) is 1.37. The van der Waals surface area contributed by atoms with Gasteiger partial charge in [-0.2, -0.15) is 0 Å². The maximum absolute atomic E-state index is 12.3. The maximum Gasteiger partial charge on any atom is 0.309 e. The van der Waals surface area contributed by atoms with Crippen LogP contribution in [0, 0.1) is 5.92 Å². The van der Waals surface area contributed by atoms with Crippen LogP contribution >= 0.6 is 11.6 Å². The van der Waals surface area contributed by atoms with Gasteiger partial charge in [-0.25, -0.2) is 9.38 Å². The first-order chi connectivity index (χ1) is 17.0. The van der Waals surface area contributed by atoms with Gasteiger partial charge in [-0.05, 0) is 56.2 Å². The van der Waals surface area contributed by atoms with Crippen LogP contribution in [0.5, 0.6) is 11.5 Å². The van der Waals surface area contributed by atoms with E-state index in [9.17, 15) is 4.79 Å². The number of ether oxygens (including phenoxy) is 3. The van der Waals surface area contributed by atoms with Crippen LogP contribution in [-0.2, 0) is 9.53 Å². The van der Waals surface area contributed by atoms with Gasteiger partial charge >= 0.3 is 5.97 Å². The second-order valence-corrected chi connectivity index (χ2v) is 8.78. The van der Waals surface area contributed by atoms with Crippen LogP contribution in [0.4, 0.5) is 5.95 Å². The van der Waals surface area contributed by atoms with Crippen molar-refractivity contribution in [1.82, 2.24) is 19.6 Å². The lowest BCUT2D eigenvalue weighted by molar-refractivity contribution is -0.148. The highest BCUT2D eigenvalue weighted by Crippen LogP contribution is 2.35. The number of carbonyl (C=O) groups excluding carboxylic acids is 1. The van der Waals surface area contributed by atoms with Gasteiger partial charge in [0, 0.05) is 29.1 Å². The molecule has 2 aromatic heterocycles. The van der Waals surface area contributed by atoms with E-state index in [1.807, 2.05) is 47.7 Å². The van der Waals surface area contributed by atoms with Crippen LogP contribution in [-0.4, -0.2) is 59.5 Å². The largest absolute Gasteiger partial charge is 0.493 e. The van der Waals surface area contributed by atoms with Gasteiger partial charge in [-0.1, -0.05) is 11.6 Å². The van der Waals surface area contributed by atoms with E-state index in [4.69, 9.17) is 30.8 Å². The predicted molar refractivity (Wildman–Crippen MR) is 133 cm³/mol. The second-order valence-electron chi connectivity index (χ2n) is 8.34. The first-order valence-electron chi connectivity index (χ1n) is 11.5. The minimum absolute atomic E-state index is 0.108. The van der Waals surface area contributed by atoms with E-state index in [0.717, 1.165) is 16.5 Å². The van der Waals surface area contributed by atoms with Crippen molar-refractivity contribution in [3.05, 3.63) is 41.4 Å². The van der Waals surface area contributed by atoms with Crippen LogP contribution in [0.2, 0.25) is 5.02 Å². The number of hydrogen-bond acceptors (Lipinski definition) is 8. The Labute approximate surface area is 207 Å². The second kappa shape index (κ2) is 9.58. The molecule has 1 aliphatic rings. The third kappa shape index (κ3) is 4.20. The Hall–Kier alpha value is -3.59. The number of hydrogen-bond donors (Lipinski definition) is 0. The molecule has 1 aliphatic heterocycles. The zero-order valence-corrected chi connectivity index (χ0v) is 20.6. The highest BCUT2D eigenvalue weighted by atomic mass is 35.5. The van der Waals surface area contributed by atoms with E-state index >= 15 is 0 Å². The highest BCUT2D eigenvalue weighted by Gasteiger charge is 2.29. The molecule has 1 fully saturated rings. The van der Waals surface area contributed by atoms with Gasteiger partial charge in [0.25, 0.3) is 0 Å². The fourth-order valence-electron chi connectivity index (χ4n) is 4.54. The molecular formula is C25H26ClN5O4. The van der Waals surface area contributed by atoms with Gasteiger partial charge in [0.15, 0.2) is 23.0 Å². The fraction of sp³-hybridized carbons (Fsp3) is 0.360. The number of anilines is 1. The molecule has 2 aromatic carbocycles. The Morgan fingerprint density at radius 1 is 1.06 bits per heavy atom. The number of carbonyl (C=O) groups is 1. The molecule has 0 unspecified atom stereocenters. The standard InChI is InChI=1S/C25H26ClN5O4/c1-4-35-24(32)15-9-11-30(12-10-15)25-27-19-14-17(26)6-7-18(19)23-29-28-22(31(23)25)16-5-8-20(33-2)21(13-16)34-3/h5-8,13-15H,4,9-12H2,1-3H3. The summed E-state index contributed by atoms with van der Waals surface area (Å²) in [5.74, 6) is 2.32. The number of fused-ring (bicyclic) bond motifs is 3. The number of halogens is 1. The normalized spacial score (nSPS) is 14.5. The molecule has 0 atom stereocenters. The monoisotopic (exact) mass is 495 g/mol. The molecule has 4 aromatic rings. The molecule has 0 amide bonds. The van der Waals surface area contributed by atoms with E-state index < -0.39 is 0 Å². The van der Waals surface area contributed by atoms with E-state index in [-0.39, 0.29) is 11.9 Å². The summed E-state index contributed by atoms with van der Waals surface area (Å²) in [7, 11) is 3.20. The van der Waals surface area contributed by atoms with Crippen molar-refractivity contribution in [2.24, 2.45) is 5.92 Å². The Balaban J connectivity index is 1.63. The fourth-order valence-corrected chi connectivity index (χ4v) is 4.71. The third-order valence-corrected chi connectivity index (χ3v) is 6.56. The Morgan fingerprint density at radius 2 is 1.83 bits per heavy atom. The zero-order valence-electron chi connectivity index (χ0n) is 19.8. The Morgan fingerprint density at radius 3 is 2.54 bits per heavy atom. The SMILES string of the molecule is CCOC(=O)C1CCN(c2nc3cc(Cl)ccc3c3nnc(-c4ccc(OC)c(OC)c4)n23)CC1. The van der Waals surface area contributed by atoms with Crippen molar-refractivity contribution in [2.75, 3.05) is 38.8 Å². The molecule has 0 N–H and O–H groups in total. The molecule has 182 valence electrons. The molecular weight excluding hydrogens is 470 g/mol. The molecule has 0 saturated carbocycles. The predicted octanol–water partition coefficient (Wildman–Crippen LogP) is 4.39. The van der Waals surface area contributed by atoms with E-state index in [0.29, 0.717) is 66.5 Å². The summed E-state index contributed by atoms with van der Waals surface area (Å²) in [6, 6.07) is 11.2. The molecule has 0 aliphatic carbocycles. The van der Waals surface area contributed by atoms with Crippen LogP contribution in [0.1, 0.15) is 19.8 Å². The lowest BCUT2D eigenvalue weighted by Gasteiger charge is -2.32. The molecule has 0 bridgehead atoms. The molecule has 3 heterocycles. The smallest absolute Gasteiger partial charge is 0.309 e. The number of benzene rings is 2. The minimum Gasteiger partial charge on any atom is -0.493 e. The van der Waals surface area contributed by atoms with Crippen LogP contribution in [0.25, 0.3) is 27.9 Å². The van der Waals surface area contributed by atoms with Crippen molar-refractivity contribution in [3.63, 3.8) is 0 Å². The van der Waals surface area contributed by atoms with Crippen LogP contribution in [0.15, 0.2) is 36.4 Å². The Kier molecular flexibility index (Phi) is 6.34. The van der Waals surface area contributed by atoms with Crippen LogP contribution in [0.3, 0.4) is 0 Å². The van der Waals surface area contributed by atoms with Gasteiger partial charge in [-0.15, -0.1) is 10.2 Å². The number of piperidine rings is 1. The van der Waals surface area contributed by atoms with Crippen molar-refractivity contribution >= 4 is 40.1 Å². The van der Waals surface area contributed by atoms with Crippen molar-refractivity contribution in [1.29, 1.82) is 0 Å². The lowest BCUT2D eigenvalue weighted by Crippen LogP contribution is -2.38. The number of nitrogens with zero attached hydrogens (tertiary/aromatic N) is 5. The number of aromatic nitrogens is 4. The molecule has 5 rings (SSSR count). The molecule has 10 heteroatoms. The minimum atomic E-state index is -0.133. The molecule has 0 spiro atoms. The lowest BCUT2D eigenvalue weighted by atomic mass is 9.97. The molecule has 35 heavy (non-hydrogen) atoms. The summed E-state index contributed by atoms with van der Waals surface area (Å²) in [4.78, 5) is 19.4. The van der Waals surface area contributed by atoms with E-state index in [1.165, 1.54) is 0 Å². The van der Waals surface area contributed by atoms with E-state index in [1.54, 1.807) is 14.2 Å². The summed E-state index contributed by atoms with van der Waals surface area (Å²) in [6.45, 7) is 3.53. The van der Waals surface area contributed by atoms with Crippen molar-refractivity contribution < 1.29 is 19.0 Å². The van der Waals surface area contributed by atoms with Gasteiger partial charge in [0.2, 0.25) is 5.95 Å². The Bertz CT molecular complexity index is 1400. The first-order valence-corrected chi connectivity index (χ1v) is 11.9.